The van der Waals surface area contributed by atoms with Crippen molar-refractivity contribution in [1.82, 2.24) is 10.6 Å². The van der Waals surface area contributed by atoms with Gasteiger partial charge in [-0.1, -0.05) is 32.0 Å². The quantitative estimate of drug-likeness (QED) is 0.585. The van der Waals surface area contributed by atoms with Gasteiger partial charge in [0.05, 0.1) is 6.54 Å². The Morgan fingerprint density at radius 1 is 1.21 bits per heavy atom. The van der Waals surface area contributed by atoms with Crippen LogP contribution in [0.4, 0.5) is 0 Å². The first-order valence-electron chi connectivity index (χ1n) is 7.66. The molecule has 0 fully saturated rings. The van der Waals surface area contributed by atoms with E-state index in [-0.39, 0.29) is 11.8 Å². The van der Waals surface area contributed by atoms with E-state index >= 15 is 0 Å². The zero-order valence-corrected chi connectivity index (χ0v) is 14.3. The van der Waals surface area contributed by atoms with E-state index in [0.717, 1.165) is 12.5 Å². The van der Waals surface area contributed by atoms with Gasteiger partial charge in [0.25, 0.3) is 5.91 Å². The Kier molecular flexibility index (Phi) is 6.48. The number of aliphatic carboxylic acids is 1. The molecule has 7 nitrogen and oxygen atoms in total. The summed E-state index contributed by atoms with van der Waals surface area (Å²) in [5, 5.41) is 23.5. The smallest absolute Gasteiger partial charge is 0.337 e. The second kappa shape index (κ2) is 7.92. The summed E-state index contributed by atoms with van der Waals surface area (Å²) in [7, 11) is 0. The van der Waals surface area contributed by atoms with Crippen LogP contribution in [-0.2, 0) is 9.59 Å². The van der Waals surface area contributed by atoms with Gasteiger partial charge >= 0.3 is 5.97 Å². The van der Waals surface area contributed by atoms with Crippen molar-refractivity contribution in [2.45, 2.75) is 39.3 Å². The molecule has 2 amide bonds. The van der Waals surface area contributed by atoms with Crippen molar-refractivity contribution in [3.8, 4) is 0 Å². The summed E-state index contributed by atoms with van der Waals surface area (Å²) in [5.41, 5.74) is -0.822. The molecule has 0 aromatic heterocycles. The molecule has 0 saturated carbocycles. The van der Waals surface area contributed by atoms with Crippen LogP contribution in [0, 0.1) is 12.8 Å². The highest BCUT2D eigenvalue weighted by Gasteiger charge is 2.32. The van der Waals surface area contributed by atoms with Crippen LogP contribution < -0.4 is 10.6 Å². The third-order valence-electron chi connectivity index (χ3n) is 3.69. The van der Waals surface area contributed by atoms with Gasteiger partial charge in [0, 0.05) is 5.56 Å². The molecule has 4 N–H and O–H groups in total. The van der Waals surface area contributed by atoms with E-state index in [2.05, 4.69) is 10.6 Å². The van der Waals surface area contributed by atoms with E-state index < -0.39 is 30.1 Å². The van der Waals surface area contributed by atoms with E-state index in [4.69, 9.17) is 5.11 Å². The van der Waals surface area contributed by atoms with Crippen LogP contribution >= 0.6 is 0 Å². The molecule has 0 radical (unpaired) electrons. The van der Waals surface area contributed by atoms with Crippen LogP contribution in [-0.4, -0.2) is 46.2 Å². The lowest BCUT2D eigenvalue weighted by Gasteiger charge is -2.24. The van der Waals surface area contributed by atoms with Crippen molar-refractivity contribution in [1.29, 1.82) is 0 Å². The number of carbonyl (C=O) groups excluding carboxylic acids is 2. The van der Waals surface area contributed by atoms with Crippen molar-refractivity contribution in [3.63, 3.8) is 0 Å². The Labute approximate surface area is 141 Å². The first-order valence-corrected chi connectivity index (χ1v) is 7.66. The number of aliphatic hydroxyl groups is 1. The van der Waals surface area contributed by atoms with Crippen molar-refractivity contribution >= 4 is 17.8 Å². The number of carboxylic acids is 1. The van der Waals surface area contributed by atoms with Gasteiger partial charge in [-0.15, -0.1) is 0 Å². The van der Waals surface area contributed by atoms with Gasteiger partial charge < -0.3 is 20.8 Å². The maximum atomic E-state index is 12.4. The number of benzene rings is 1. The van der Waals surface area contributed by atoms with Crippen molar-refractivity contribution in [2.75, 3.05) is 6.54 Å². The van der Waals surface area contributed by atoms with E-state index in [9.17, 15) is 19.5 Å². The number of carbonyl (C=O) groups is 3. The van der Waals surface area contributed by atoms with Gasteiger partial charge in [0.1, 0.15) is 6.04 Å². The summed E-state index contributed by atoms with van der Waals surface area (Å²) in [4.78, 5) is 35.5. The molecule has 1 aromatic rings. The first kappa shape index (κ1) is 19.6. The molecule has 1 aromatic carbocycles. The number of hydrogen-bond acceptors (Lipinski definition) is 4. The van der Waals surface area contributed by atoms with Crippen LogP contribution in [0.5, 0.6) is 0 Å². The summed E-state index contributed by atoms with van der Waals surface area (Å²) < 4.78 is 0. The van der Waals surface area contributed by atoms with E-state index in [1.54, 1.807) is 39.0 Å². The highest BCUT2D eigenvalue weighted by molar-refractivity contribution is 5.98. The highest BCUT2D eigenvalue weighted by atomic mass is 16.4. The summed E-state index contributed by atoms with van der Waals surface area (Å²) in [6.07, 6.45) is 0. The number of carboxylic acid groups (broad SMARTS) is 1. The third-order valence-corrected chi connectivity index (χ3v) is 3.69. The van der Waals surface area contributed by atoms with Crippen LogP contribution in [0.2, 0.25) is 0 Å². The van der Waals surface area contributed by atoms with Crippen LogP contribution in [0.3, 0.4) is 0 Å². The second-order valence-electron chi connectivity index (χ2n) is 6.31. The minimum Gasteiger partial charge on any atom is -0.479 e. The lowest BCUT2D eigenvalue weighted by atomic mass is 10.0. The molecule has 0 aliphatic rings. The second-order valence-corrected chi connectivity index (χ2v) is 6.31. The summed E-state index contributed by atoms with van der Waals surface area (Å²) in [5.74, 6) is -2.58. The lowest BCUT2D eigenvalue weighted by molar-refractivity contribution is -0.156. The largest absolute Gasteiger partial charge is 0.479 e. The Morgan fingerprint density at radius 3 is 2.29 bits per heavy atom. The van der Waals surface area contributed by atoms with Gasteiger partial charge in [-0.2, -0.15) is 0 Å². The monoisotopic (exact) mass is 336 g/mol. The molecule has 7 heteroatoms. The molecule has 24 heavy (non-hydrogen) atoms. The molecule has 0 bridgehead atoms. The van der Waals surface area contributed by atoms with Gasteiger partial charge in [0.15, 0.2) is 5.60 Å². The first-order chi connectivity index (χ1) is 11.1. The van der Waals surface area contributed by atoms with E-state index in [0.29, 0.717) is 5.56 Å². The van der Waals surface area contributed by atoms with Crippen molar-refractivity contribution in [2.24, 2.45) is 5.92 Å². The standard InChI is InChI=1S/C17H24N2O5/c1-10(2)13(15(21)18-9-17(4,24)16(22)23)19-14(20)12-8-6-5-7-11(12)3/h5-8,10,13,24H,9H2,1-4H3,(H,18,21)(H,19,20)(H,22,23). The molecular weight excluding hydrogens is 312 g/mol. The average Bonchev–Trinajstić information content (AvgIpc) is 2.50. The normalized spacial score (nSPS) is 14.6. The topological polar surface area (TPSA) is 116 Å². The van der Waals surface area contributed by atoms with Crippen molar-refractivity contribution < 1.29 is 24.6 Å². The predicted molar refractivity (Wildman–Crippen MR) is 88.5 cm³/mol. The van der Waals surface area contributed by atoms with E-state index in [1.165, 1.54) is 0 Å². The minimum atomic E-state index is -2.07. The molecule has 0 aliphatic heterocycles. The Hall–Kier alpha value is -2.41. The number of rotatable bonds is 7. The van der Waals surface area contributed by atoms with Crippen LogP contribution in [0.1, 0.15) is 36.7 Å². The number of aryl methyl sites for hydroxylation is 1. The Balaban J connectivity index is 2.80. The molecular formula is C17H24N2O5. The van der Waals surface area contributed by atoms with Gasteiger partial charge in [-0.05, 0) is 31.4 Å². The molecule has 2 unspecified atom stereocenters. The molecule has 1 rings (SSSR count). The summed E-state index contributed by atoms with van der Waals surface area (Å²) in [6.45, 7) is 5.95. The molecule has 0 saturated heterocycles. The summed E-state index contributed by atoms with van der Waals surface area (Å²) in [6, 6.07) is 6.16. The molecule has 2 atom stereocenters. The van der Waals surface area contributed by atoms with Gasteiger partial charge in [0.2, 0.25) is 5.91 Å². The van der Waals surface area contributed by atoms with Crippen LogP contribution in [0.25, 0.3) is 0 Å². The molecule has 0 heterocycles. The minimum absolute atomic E-state index is 0.215. The number of nitrogens with one attached hydrogen (secondary N) is 2. The van der Waals surface area contributed by atoms with E-state index in [1.807, 2.05) is 6.07 Å². The Bertz CT molecular complexity index is 625. The fraction of sp³-hybridized carbons (Fsp3) is 0.471. The maximum absolute atomic E-state index is 12.4. The fourth-order valence-electron chi connectivity index (χ4n) is 2.03. The SMILES string of the molecule is Cc1ccccc1C(=O)NC(C(=O)NCC(C)(O)C(=O)O)C(C)C. The summed E-state index contributed by atoms with van der Waals surface area (Å²) >= 11 is 0. The average molecular weight is 336 g/mol. The predicted octanol–water partition coefficient (Wildman–Crippen LogP) is 0.701. The molecule has 0 aliphatic carbocycles. The van der Waals surface area contributed by atoms with Gasteiger partial charge in [-0.25, -0.2) is 4.79 Å². The highest BCUT2D eigenvalue weighted by Crippen LogP contribution is 2.10. The maximum Gasteiger partial charge on any atom is 0.337 e. The zero-order valence-electron chi connectivity index (χ0n) is 14.3. The number of amides is 2. The lowest BCUT2D eigenvalue weighted by Crippen LogP contribution is -2.54. The van der Waals surface area contributed by atoms with Crippen molar-refractivity contribution in [3.05, 3.63) is 35.4 Å². The zero-order chi connectivity index (χ0) is 18.5. The molecule has 132 valence electrons. The Morgan fingerprint density at radius 2 is 1.79 bits per heavy atom. The third kappa shape index (κ3) is 5.06. The number of hydrogen-bond donors (Lipinski definition) is 4. The van der Waals surface area contributed by atoms with Gasteiger partial charge in [-0.3, -0.25) is 9.59 Å². The van der Waals surface area contributed by atoms with Crippen LogP contribution in [0.15, 0.2) is 24.3 Å². The fourth-order valence-corrected chi connectivity index (χ4v) is 2.03. The molecule has 0 spiro atoms.